The lowest BCUT2D eigenvalue weighted by molar-refractivity contribution is -0.128. The summed E-state index contributed by atoms with van der Waals surface area (Å²) in [7, 11) is 0. The van der Waals surface area contributed by atoms with E-state index in [1.807, 2.05) is 43.0 Å². The van der Waals surface area contributed by atoms with Crippen LogP contribution in [0, 0.1) is 0 Å². The van der Waals surface area contributed by atoms with Crippen LogP contribution in [-0.2, 0) is 20.9 Å². The zero-order valence-electron chi connectivity index (χ0n) is 16.8. The van der Waals surface area contributed by atoms with Crippen molar-refractivity contribution in [2.75, 3.05) is 18.5 Å². The second kappa shape index (κ2) is 9.37. The third-order valence-corrected chi connectivity index (χ3v) is 4.93. The van der Waals surface area contributed by atoms with Gasteiger partial charge in [0.25, 0.3) is 5.91 Å². The zero-order valence-corrected chi connectivity index (χ0v) is 16.8. The first-order valence-electron chi connectivity index (χ1n) is 9.86. The molecule has 152 valence electrons. The Morgan fingerprint density at radius 1 is 1.10 bits per heavy atom. The van der Waals surface area contributed by atoms with Crippen LogP contribution in [0.1, 0.15) is 54.1 Å². The summed E-state index contributed by atoms with van der Waals surface area (Å²) >= 11 is 0. The van der Waals surface area contributed by atoms with Crippen molar-refractivity contribution in [3.8, 4) is 0 Å². The quantitative estimate of drug-likeness (QED) is 0.726. The summed E-state index contributed by atoms with van der Waals surface area (Å²) in [6.07, 6.45) is 1.50. The van der Waals surface area contributed by atoms with E-state index in [-0.39, 0.29) is 24.3 Å². The number of esters is 1. The van der Waals surface area contributed by atoms with Crippen LogP contribution in [0.2, 0.25) is 0 Å². The van der Waals surface area contributed by atoms with Crippen LogP contribution in [0.15, 0.2) is 48.5 Å². The third kappa shape index (κ3) is 5.44. The molecular weight excluding hydrogens is 368 g/mol. The molecule has 6 heteroatoms. The number of anilines is 1. The molecule has 1 heterocycles. The SMILES string of the molecule is CC(C)c1ccccc1NC(=O)COC(=O)c1ccc(CN2CCCC2=O)cc1. The molecule has 6 nitrogen and oxygen atoms in total. The van der Waals surface area contributed by atoms with Crippen molar-refractivity contribution < 1.29 is 19.1 Å². The van der Waals surface area contributed by atoms with E-state index >= 15 is 0 Å². The van der Waals surface area contributed by atoms with Crippen molar-refractivity contribution in [3.05, 3.63) is 65.2 Å². The number of rotatable bonds is 7. The smallest absolute Gasteiger partial charge is 0.338 e. The fourth-order valence-corrected chi connectivity index (χ4v) is 3.35. The molecule has 1 saturated heterocycles. The number of carbonyl (C=O) groups excluding carboxylic acids is 3. The van der Waals surface area contributed by atoms with Crippen LogP contribution < -0.4 is 5.32 Å². The Kier molecular flexibility index (Phi) is 6.65. The molecule has 1 N–H and O–H groups in total. The van der Waals surface area contributed by atoms with Crippen LogP contribution in [0.25, 0.3) is 0 Å². The summed E-state index contributed by atoms with van der Waals surface area (Å²) in [5, 5.41) is 2.80. The van der Waals surface area contributed by atoms with Gasteiger partial charge >= 0.3 is 5.97 Å². The summed E-state index contributed by atoms with van der Waals surface area (Å²) in [4.78, 5) is 37.9. The molecule has 2 aromatic rings. The molecular formula is C23H26N2O4. The van der Waals surface area contributed by atoms with Gasteiger partial charge in [0.05, 0.1) is 5.56 Å². The number of likely N-dealkylation sites (tertiary alicyclic amines) is 1. The number of amides is 2. The van der Waals surface area contributed by atoms with E-state index in [9.17, 15) is 14.4 Å². The average Bonchev–Trinajstić information content (AvgIpc) is 3.11. The molecule has 3 rings (SSSR count). The van der Waals surface area contributed by atoms with Gasteiger partial charge in [0, 0.05) is 25.2 Å². The second-order valence-corrected chi connectivity index (χ2v) is 7.48. The summed E-state index contributed by atoms with van der Waals surface area (Å²) < 4.78 is 5.14. The molecule has 0 spiro atoms. The predicted molar refractivity (Wildman–Crippen MR) is 111 cm³/mol. The highest BCUT2D eigenvalue weighted by atomic mass is 16.5. The Bertz CT molecular complexity index is 890. The van der Waals surface area contributed by atoms with Gasteiger partial charge in [-0.3, -0.25) is 9.59 Å². The molecule has 0 atom stereocenters. The standard InChI is InChI=1S/C23H26N2O4/c1-16(2)19-6-3-4-7-20(19)24-21(26)15-29-23(28)18-11-9-17(10-12-18)14-25-13-5-8-22(25)27/h3-4,6-7,9-12,16H,5,8,13-15H2,1-2H3,(H,24,26). The third-order valence-electron chi connectivity index (χ3n) is 4.93. The normalized spacial score (nSPS) is 13.6. The van der Waals surface area contributed by atoms with Crippen molar-refractivity contribution in [2.45, 2.75) is 39.2 Å². The van der Waals surface area contributed by atoms with Gasteiger partial charge in [0.15, 0.2) is 6.61 Å². The van der Waals surface area contributed by atoms with E-state index in [0.29, 0.717) is 18.5 Å². The Morgan fingerprint density at radius 2 is 1.83 bits per heavy atom. The molecule has 0 aromatic heterocycles. The summed E-state index contributed by atoms with van der Waals surface area (Å²) in [5.41, 5.74) is 3.08. The first-order valence-corrected chi connectivity index (χ1v) is 9.86. The maximum atomic E-state index is 12.2. The van der Waals surface area contributed by atoms with Gasteiger partial charge in [-0.05, 0) is 41.7 Å². The molecule has 1 aliphatic heterocycles. The Morgan fingerprint density at radius 3 is 2.48 bits per heavy atom. The molecule has 2 aromatic carbocycles. The lowest BCUT2D eigenvalue weighted by atomic mass is 10.0. The number of ether oxygens (including phenoxy) is 1. The number of nitrogens with one attached hydrogen (secondary N) is 1. The number of para-hydroxylation sites is 1. The van der Waals surface area contributed by atoms with E-state index < -0.39 is 5.97 Å². The number of hydrogen-bond donors (Lipinski definition) is 1. The summed E-state index contributed by atoms with van der Waals surface area (Å²) in [6.45, 7) is 5.07. The van der Waals surface area contributed by atoms with E-state index in [4.69, 9.17) is 4.74 Å². The lowest BCUT2D eigenvalue weighted by Crippen LogP contribution is -2.24. The Hall–Kier alpha value is -3.15. The fourth-order valence-electron chi connectivity index (χ4n) is 3.35. The number of carbonyl (C=O) groups is 3. The van der Waals surface area contributed by atoms with Crippen molar-refractivity contribution >= 4 is 23.5 Å². The molecule has 29 heavy (non-hydrogen) atoms. The van der Waals surface area contributed by atoms with Gasteiger partial charge in [-0.15, -0.1) is 0 Å². The zero-order chi connectivity index (χ0) is 20.8. The molecule has 1 fully saturated rings. The van der Waals surface area contributed by atoms with Gasteiger partial charge in [-0.25, -0.2) is 4.79 Å². The Balaban J connectivity index is 1.51. The van der Waals surface area contributed by atoms with Crippen LogP contribution >= 0.6 is 0 Å². The highest BCUT2D eigenvalue weighted by Crippen LogP contribution is 2.23. The number of hydrogen-bond acceptors (Lipinski definition) is 4. The highest BCUT2D eigenvalue weighted by Gasteiger charge is 2.20. The largest absolute Gasteiger partial charge is 0.452 e. The van der Waals surface area contributed by atoms with Gasteiger partial charge in [0.1, 0.15) is 0 Å². The molecule has 0 saturated carbocycles. The minimum absolute atomic E-state index is 0.165. The second-order valence-electron chi connectivity index (χ2n) is 7.48. The van der Waals surface area contributed by atoms with Gasteiger partial charge < -0.3 is 15.0 Å². The minimum atomic E-state index is -0.555. The van der Waals surface area contributed by atoms with E-state index in [1.165, 1.54) is 0 Å². The van der Waals surface area contributed by atoms with Crippen molar-refractivity contribution in [1.82, 2.24) is 4.90 Å². The topological polar surface area (TPSA) is 75.7 Å². The first-order chi connectivity index (χ1) is 13.9. The van der Waals surface area contributed by atoms with Gasteiger partial charge in [-0.1, -0.05) is 44.2 Å². The van der Waals surface area contributed by atoms with Crippen molar-refractivity contribution in [3.63, 3.8) is 0 Å². The fraction of sp³-hybridized carbons (Fsp3) is 0.348. The molecule has 0 bridgehead atoms. The maximum absolute atomic E-state index is 12.2. The van der Waals surface area contributed by atoms with Gasteiger partial charge in [-0.2, -0.15) is 0 Å². The van der Waals surface area contributed by atoms with Crippen LogP contribution in [0.5, 0.6) is 0 Å². The molecule has 0 radical (unpaired) electrons. The van der Waals surface area contributed by atoms with Crippen molar-refractivity contribution in [1.29, 1.82) is 0 Å². The molecule has 1 aliphatic rings. The van der Waals surface area contributed by atoms with E-state index in [0.717, 1.165) is 29.8 Å². The van der Waals surface area contributed by atoms with E-state index in [2.05, 4.69) is 5.32 Å². The van der Waals surface area contributed by atoms with Crippen LogP contribution in [0.4, 0.5) is 5.69 Å². The van der Waals surface area contributed by atoms with Crippen LogP contribution in [0.3, 0.4) is 0 Å². The Labute approximate surface area is 170 Å². The average molecular weight is 394 g/mol. The van der Waals surface area contributed by atoms with E-state index in [1.54, 1.807) is 24.3 Å². The monoisotopic (exact) mass is 394 g/mol. The first kappa shape index (κ1) is 20.6. The number of nitrogens with zero attached hydrogens (tertiary/aromatic N) is 1. The number of benzene rings is 2. The highest BCUT2D eigenvalue weighted by molar-refractivity contribution is 5.96. The maximum Gasteiger partial charge on any atom is 0.338 e. The molecule has 2 amide bonds. The lowest BCUT2D eigenvalue weighted by Gasteiger charge is -2.15. The summed E-state index contributed by atoms with van der Waals surface area (Å²) in [6, 6.07) is 14.5. The van der Waals surface area contributed by atoms with Gasteiger partial charge in [0.2, 0.25) is 5.91 Å². The predicted octanol–water partition coefficient (Wildman–Crippen LogP) is 3.73. The minimum Gasteiger partial charge on any atom is -0.452 e. The van der Waals surface area contributed by atoms with Crippen molar-refractivity contribution in [2.24, 2.45) is 0 Å². The van der Waals surface area contributed by atoms with Crippen LogP contribution in [-0.4, -0.2) is 35.8 Å². The summed E-state index contributed by atoms with van der Waals surface area (Å²) in [5.74, 6) is -0.501. The molecule has 0 unspecified atom stereocenters. The molecule has 0 aliphatic carbocycles.